The van der Waals surface area contributed by atoms with Gasteiger partial charge in [-0.05, 0) is 25.0 Å². The third-order valence-electron chi connectivity index (χ3n) is 2.37. The fraction of sp³-hybridized carbons (Fsp3) is 0.333. The first-order valence-corrected chi connectivity index (χ1v) is 5.48. The Balaban J connectivity index is 2.93. The van der Waals surface area contributed by atoms with Crippen LogP contribution in [0.2, 0.25) is 0 Å². The normalized spacial score (nSPS) is 11.4. The first kappa shape index (κ1) is 14.6. The van der Waals surface area contributed by atoms with E-state index < -0.39 is 28.3 Å². The molecular weight excluding hydrogens is 255 g/mol. The van der Waals surface area contributed by atoms with Gasteiger partial charge in [-0.15, -0.1) is 0 Å². The van der Waals surface area contributed by atoms with Gasteiger partial charge >= 0.3 is 11.7 Å². The number of ether oxygens (including phenoxy) is 1. The second-order valence-electron chi connectivity index (χ2n) is 3.68. The molecule has 0 aliphatic heterocycles. The van der Waals surface area contributed by atoms with Crippen LogP contribution in [0.15, 0.2) is 18.2 Å². The molecule has 1 atom stereocenters. The van der Waals surface area contributed by atoms with E-state index in [1.54, 1.807) is 13.0 Å². The molecule has 0 saturated heterocycles. The Labute approximate surface area is 108 Å². The lowest BCUT2D eigenvalue weighted by molar-refractivity contribution is -0.387. The summed E-state index contributed by atoms with van der Waals surface area (Å²) in [6.07, 6.45) is -0.0591. The Morgan fingerprint density at radius 3 is 2.84 bits per heavy atom. The van der Waals surface area contributed by atoms with Gasteiger partial charge < -0.3 is 4.74 Å². The van der Waals surface area contributed by atoms with Crippen molar-refractivity contribution in [3.8, 4) is 6.07 Å². The highest BCUT2D eigenvalue weighted by Crippen LogP contribution is 2.20. The van der Waals surface area contributed by atoms with E-state index in [0.717, 1.165) is 12.1 Å². The SMILES string of the molecule is CCOC(=O)C(C#N)Cc1ccc(F)c([N+](=O)[O-])c1. The highest BCUT2D eigenvalue weighted by molar-refractivity contribution is 5.75. The van der Waals surface area contributed by atoms with Crippen molar-refractivity contribution in [2.75, 3.05) is 6.61 Å². The van der Waals surface area contributed by atoms with Crippen molar-refractivity contribution in [2.24, 2.45) is 5.92 Å². The van der Waals surface area contributed by atoms with E-state index in [1.165, 1.54) is 6.07 Å². The van der Waals surface area contributed by atoms with Crippen LogP contribution >= 0.6 is 0 Å². The van der Waals surface area contributed by atoms with Gasteiger partial charge in [-0.2, -0.15) is 9.65 Å². The monoisotopic (exact) mass is 266 g/mol. The number of nitro groups is 1. The molecule has 6 nitrogen and oxygen atoms in total. The highest BCUT2D eigenvalue weighted by Gasteiger charge is 2.22. The lowest BCUT2D eigenvalue weighted by Crippen LogP contribution is -2.18. The van der Waals surface area contributed by atoms with Gasteiger partial charge in [0.2, 0.25) is 5.82 Å². The number of esters is 1. The molecule has 1 aromatic rings. The minimum absolute atomic E-state index is 0.0591. The van der Waals surface area contributed by atoms with Gasteiger partial charge in [-0.1, -0.05) is 6.07 Å². The zero-order valence-corrected chi connectivity index (χ0v) is 10.1. The highest BCUT2D eigenvalue weighted by atomic mass is 19.1. The van der Waals surface area contributed by atoms with E-state index in [4.69, 9.17) is 10.00 Å². The summed E-state index contributed by atoms with van der Waals surface area (Å²) in [5, 5.41) is 19.4. The van der Waals surface area contributed by atoms with Gasteiger partial charge in [0.1, 0.15) is 5.92 Å². The largest absolute Gasteiger partial charge is 0.465 e. The Hall–Kier alpha value is -2.49. The average molecular weight is 266 g/mol. The summed E-state index contributed by atoms with van der Waals surface area (Å²) in [6.45, 7) is 1.75. The second kappa shape index (κ2) is 6.44. The first-order valence-electron chi connectivity index (χ1n) is 5.48. The Morgan fingerprint density at radius 2 is 2.32 bits per heavy atom. The molecular formula is C12H11FN2O4. The number of carbonyl (C=O) groups is 1. The maximum Gasteiger partial charge on any atom is 0.323 e. The number of benzene rings is 1. The van der Waals surface area contributed by atoms with Crippen molar-refractivity contribution in [2.45, 2.75) is 13.3 Å². The zero-order chi connectivity index (χ0) is 14.4. The zero-order valence-electron chi connectivity index (χ0n) is 10.1. The summed E-state index contributed by atoms with van der Waals surface area (Å²) in [6, 6.07) is 5.01. The van der Waals surface area contributed by atoms with Crippen molar-refractivity contribution in [3.05, 3.63) is 39.7 Å². The van der Waals surface area contributed by atoms with Crippen LogP contribution in [0.4, 0.5) is 10.1 Å². The predicted molar refractivity (Wildman–Crippen MR) is 62.5 cm³/mol. The number of nitro benzene ring substituents is 1. The fourth-order valence-corrected chi connectivity index (χ4v) is 1.49. The average Bonchev–Trinajstić information content (AvgIpc) is 2.37. The van der Waals surface area contributed by atoms with Crippen molar-refractivity contribution in [1.82, 2.24) is 0 Å². The van der Waals surface area contributed by atoms with E-state index in [0.29, 0.717) is 5.56 Å². The van der Waals surface area contributed by atoms with Gasteiger partial charge in [0.05, 0.1) is 17.6 Å². The molecule has 0 radical (unpaired) electrons. The van der Waals surface area contributed by atoms with Gasteiger partial charge in [-0.25, -0.2) is 0 Å². The first-order chi connectivity index (χ1) is 8.99. The molecule has 1 unspecified atom stereocenters. The second-order valence-corrected chi connectivity index (χ2v) is 3.68. The third kappa shape index (κ3) is 3.74. The van der Waals surface area contributed by atoms with Gasteiger partial charge in [0, 0.05) is 6.07 Å². The summed E-state index contributed by atoms with van der Waals surface area (Å²) >= 11 is 0. The lowest BCUT2D eigenvalue weighted by atomic mass is 10.0. The number of halogens is 1. The summed E-state index contributed by atoms with van der Waals surface area (Å²) in [5.74, 6) is -2.72. The maximum atomic E-state index is 13.1. The summed E-state index contributed by atoms with van der Waals surface area (Å²) in [4.78, 5) is 21.1. The van der Waals surface area contributed by atoms with Crippen molar-refractivity contribution in [3.63, 3.8) is 0 Å². The summed E-state index contributed by atoms with van der Waals surface area (Å²) in [7, 11) is 0. The van der Waals surface area contributed by atoms with Crippen LogP contribution in [0.5, 0.6) is 0 Å². The van der Waals surface area contributed by atoms with E-state index in [9.17, 15) is 19.3 Å². The van der Waals surface area contributed by atoms with Gasteiger partial charge in [0.25, 0.3) is 0 Å². The van der Waals surface area contributed by atoms with E-state index in [2.05, 4.69) is 0 Å². The number of nitrogens with zero attached hydrogens (tertiary/aromatic N) is 2. The molecule has 0 aromatic heterocycles. The topological polar surface area (TPSA) is 93.2 Å². The minimum Gasteiger partial charge on any atom is -0.465 e. The van der Waals surface area contributed by atoms with Crippen molar-refractivity contribution in [1.29, 1.82) is 5.26 Å². The standard InChI is InChI=1S/C12H11FN2O4/c1-2-19-12(16)9(7-14)5-8-3-4-10(13)11(6-8)15(17)18/h3-4,6,9H,2,5H2,1H3. The Kier molecular flexibility index (Phi) is 4.94. The fourth-order valence-electron chi connectivity index (χ4n) is 1.49. The molecule has 0 saturated carbocycles. The lowest BCUT2D eigenvalue weighted by Gasteiger charge is -2.08. The molecule has 7 heteroatoms. The van der Waals surface area contributed by atoms with Crippen LogP contribution in [-0.2, 0) is 16.0 Å². The molecule has 0 aliphatic rings. The van der Waals surface area contributed by atoms with Crippen LogP contribution in [0, 0.1) is 33.2 Å². The molecule has 1 rings (SSSR count). The molecule has 0 fully saturated rings. The van der Waals surface area contributed by atoms with Crippen LogP contribution < -0.4 is 0 Å². The number of nitriles is 1. The minimum atomic E-state index is -1.06. The smallest absolute Gasteiger partial charge is 0.323 e. The van der Waals surface area contributed by atoms with Gasteiger partial charge in [0.15, 0.2) is 0 Å². The third-order valence-corrected chi connectivity index (χ3v) is 2.37. The quantitative estimate of drug-likeness (QED) is 0.461. The molecule has 0 aliphatic carbocycles. The number of rotatable bonds is 5. The van der Waals surface area contributed by atoms with Crippen LogP contribution in [0.25, 0.3) is 0 Å². The Morgan fingerprint density at radius 1 is 1.63 bits per heavy atom. The van der Waals surface area contributed by atoms with E-state index in [-0.39, 0.29) is 13.0 Å². The number of carbonyl (C=O) groups excluding carboxylic acids is 1. The maximum absolute atomic E-state index is 13.1. The van der Waals surface area contributed by atoms with E-state index in [1.807, 2.05) is 0 Å². The molecule has 0 bridgehead atoms. The van der Waals surface area contributed by atoms with E-state index >= 15 is 0 Å². The molecule has 0 heterocycles. The molecule has 19 heavy (non-hydrogen) atoms. The molecule has 100 valence electrons. The Bertz CT molecular complexity index is 539. The van der Waals surface area contributed by atoms with Gasteiger partial charge in [-0.3, -0.25) is 14.9 Å². The summed E-state index contributed by atoms with van der Waals surface area (Å²) in [5.41, 5.74) is -0.356. The van der Waals surface area contributed by atoms with Crippen LogP contribution in [0.3, 0.4) is 0 Å². The predicted octanol–water partition coefficient (Wildman–Crippen LogP) is 1.98. The van der Waals surface area contributed by atoms with Crippen molar-refractivity contribution >= 4 is 11.7 Å². The number of hydrogen-bond acceptors (Lipinski definition) is 5. The number of hydrogen-bond donors (Lipinski definition) is 0. The van der Waals surface area contributed by atoms with Crippen LogP contribution in [0.1, 0.15) is 12.5 Å². The molecule has 1 aromatic carbocycles. The summed E-state index contributed by atoms with van der Waals surface area (Å²) < 4.78 is 17.8. The molecule has 0 N–H and O–H groups in total. The molecule has 0 amide bonds. The van der Waals surface area contributed by atoms with Crippen molar-refractivity contribution < 1.29 is 18.8 Å². The molecule has 0 spiro atoms. The van der Waals surface area contributed by atoms with Crippen LogP contribution in [-0.4, -0.2) is 17.5 Å².